The van der Waals surface area contributed by atoms with Crippen LogP contribution in [0.5, 0.6) is 0 Å². The average molecular weight is 689 g/mol. The highest BCUT2D eigenvalue weighted by atomic mass is 15.0. The van der Waals surface area contributed by atoms with Crippen molar-refractivity contribution in [2.75, 3.05) is 0 Å². The van der Waals surface area contributed by atoms with Crippen LogP contribution in [0.1, 0.15) is 6.92 Å². The van der Waals surface area contributed by atoms with Gasteiger partial charge in [0.25, 0.3) is 0 Å². The predicted molar refractivity (Wildman–Crippen MR) is 231 cm³/mol. The molecule has 0 radical (unpaired) electrons. The Morgan fingerprint density at radius 1 is 0.333 bits per heavy atom. The van der Waals surface area contributed by atoms with Crippen molar-refractivity contribution < 1.29 is 0 Å². The molecule has 0 spiro atoms. The fraction of sp³-hybridized carbons (Fsp3) is 0.0385. The molecule has 0 fully saturated rings. The molecule has 254 valence electrons. The zero-order chi connectivity index (χ0) is 35.8. The van der Waals surface area contributed by atoms with E-state index in [1.54, 1.807) is 0 Å². The van der Waals surface area contributed by atoms with Gasteiger partial charge in [-0.15, -0.1) is 0 Å². The van der Waals surface area contributed by atoms with Crippen LogP contribution in [0.2, 0.25) is 0 Å². The Balaban J connectivity index is 1.01. The van der Waals surface area contributed by atoms with Crippen LogP contribution in [0.15, 0.2) is 182 Å². The molecule has 0 saturated heterocycles. The van der Waals surface area contributed by atoms with Crippen molar-refractivity contribution in [1.82, 2.24) is 9.55 Å². The van der Waals surface area contributed by atoms with Crippen LogP contribution in [0.3, 0.4) is 0 Å². The second-order valence-corrected chi connectivity index (χ2v) is 14.4. The molecule has 2 heterocycles. The SMILES string of the molecule is CCn1c2ccccc2c2cc(-c3ccc(-c4c5ccccc5c(-c5ccc(-c6ccc7[nH]c8ccccc8c7c6)cc5)c5ccccc45)cc3)ccc21. The fourth-order valence-corrected chi connectivity index (χ4v) is 9.01. The van der Waals surface area contributed by atoms with Crippen molar-refractivity contribution in [2.45, 2.75) is 13.5 Å². The van der Waals surface area contributed by atoms with Crippen LogP contribution in [-0.4, -0.2) is 9.55 Å². The van der Waals surface area contributed by atoms with Gasteiger partial charge in [0.05, 0.1) is 0 Å². The first-order valence-electron chi connectivity index (χ1n) is 18.9. The molecule has 2 nitrogen and oxygen atoms in total. The molecule has 0 unspecified atom stereocenters. The normalized spacial score (nSPS) is 11.9. The van der Waals surface area contributed by atoms with E-state index >= 15 is 0 Å². The number of fused-ring (bicyclic) bond motifs is 8. The minimum absolute atomic E-state index is 0.952. The lowest BCUT2D eigenvalue weighted by atomic mass is 9.85. The summed E-state index contributed by atoms with van der Waals surface area (Å²) in [4.78, 5) is 3.56. The van der Waals surface area contributed by atoms with Gasteiger partial charge in [0.2, 0.25) is 0 Å². The van der Waals surface area contributed by atoms with Crippen molar-refractivity contribution in [1.29, 1.82) is 0 Å². The summed E-state index contributed by atoms with van der Waals surface area (Å²) in [5, 5.41) is 10.2. The number of nitrogens with zero attached hydrogens (tertiary/aromatic N) is 1. The molecule has 11 rings (SSSR count). The van der Waals surface area contributed by atoms with E-state index in [-0.39, 0.29) is 0 Å². The van der Waals surface area contributed by atoms with Crippen LogP contribution in [0, 0.1) is 0 Å². The van der Waals surface area contributed by atoms with Crippen LogP contribution >= 0.6 is 0 Å². The molecule has 9 aromatic carbocycles. The number of aromatic amines is 1. The van der Waals surface area contributed by atoms with Gasteiger partial charge in [-0.05, 0) is 109 Å². The van der Waals surface area contributed by atoms with E-state index < -0.39 is 0 Å². The number of hydrogen-bond donors (Lipinski definition) is 1. The molecule has 11 aromatic rings. The van der Waals surface area contributed by atoms with Crippen LogP contribution in [-0.2, 0) is 6.54 Å². The lowest BCUT2D eigenvalue weighted by Crippen LogP contribution is -1.92. The Kier molecular flexibility index (Phi) is 6.87. The van der Waals surface area contributed by atoms with Gasteiger partial charge in [-0.3, -0.25) is 0 Å². The monoisotopic (exact) mass is 688 g/mol. The van der Waals surface area contributed by atoms with Gasteiger partial charge < -0.3 is 9.55 Å². The maximum atomic E-state index is 3.56. The average Bonchev–Trinajstić information content (AvgIpc) is 3.77. The fourth-order valence-electron chi connectivity index (χ4n) is 9.01. The van der Waals surface area contributed by atoms with E-state index in [0.717, 1.165) is 6.54 Å². The quantitative estimate of drug-likeness (QED) is 0.174. The minimum Gasteiger partial charge on any atom is -0.355 e. The number of H-pyrrole nitrogens is 1. The molecule has 0 saturated carbocycles. The van der Waals surface area contributed by atoms with Crippen molar-refractivity contribution >= 4 is 65.2 Å². The first kappa shape index (κ1) is 30.7. The molecule has 0 amide bonds. The molecule has 0 bridgehead atoms. The lowest BCUT2D eigenvalue weighted by Gasteiger charge is -2.18. The van der Waals surface area contributed by atoms with Gasteiger partial charge in [0.1, 0.15) is 0 Å². The Hall–Kier alpha value is -6.90. The number of para-hydroxylation sites is 2. The number of benzene rings is 9. The highest BCUT2D eigenvalue weighted by Crippen LogP contribution is 2.44. The molecule has 54 heavy (non-hydrogen) atoms. The molecule has 0 aliphatic heterocycles. The van der Waals surface area contributed by atoms with E-state index in [1.807, 2.05) is 0 Å². The Bertz CT molecular complexity index is 3170. The van der Waals surface area contributed by atoms with Crippen molar-refractivity contribution in [3.8, 4) is 44.5 Å². The highest BCUT2D eigenvalue weighted by Gasteiger charge is 2.17. The summed E-state index contributed by atoms with van der Waals surface area (Å²) in [7, 11) is 0. The summed E-state index contributed by atoms with van der Waals surface area (Å²) in [5.41, 5.74) is 14.8. The smallest absolute Gasteiger partial charge is 0.0491 e. The number of aromatic nitrogens is 2. The summed E-state index contributed by atoms with van der Waals surface area (Å²) in [5.74, 6) is 0. The number of aryl methyl sites for hydroxylation is 1. The molecule has 0 atom stereocenters. The lowest BCUT2D eigenvalue weighted by molar-refractivity contribution is 0.827. The minimum atomic E-state index is 0.952. The molecular formula is C52H36N2. The third-order valence-corrected chi connectivity index (χ3v) is 11.5. The summed E-state index contributed by atoms with van der Waals surface area (Å²) < 4.78 is 2.41. The zero-order valence-electron chi connectivity index (χ0n) is 30.0. The molecule has 0 aliphatic carbocycles. The molecule has 2 heteroatoms. The number of hydrogen-bond acceptors (Lipinski definition) is 0. The van der Waals surface area contributed by atoms with Gasteiger partial charge in [-0.1, -0.05) is 146 Å². The topological polar surface area (TPSA) is 20.7 Å². The molecular weight excluding hydrogens is 653 g/mol. The molecule has 0 aliphatic rings. The largest absolute Gasteiger partial charge is 0.355 e. The van der Waals surface area contributed by atoms with Crippen molar-refractivity contribution in [3.63, 3.8) is 0 Å². The first-order chi connectivity index (χ1) is 26.7. The predicted octanol–water partition coefficient (Wildman–Crippen LogP) is 14.4. The van der Waals surface area contributed by atoms with Crippen LogP contribution in [0.25, 0.3) is 110 Å². The second kappa shape index (κ2) is 12.1. The summed E-state index contributed by atoms with van der Waals surface area (Å²) >= 11 is 0. The summed E-state index contributed by atoms with van der Waals surface area (Å²) in [6.07, 6.45) is 0. The van der Waals surface area contributed by atoms with E-state index in [4.69, 9.17) is 0 Å². The number of nitrogens with one attached hydrogen (secondary N) is 1. The van der Waals surface area contributed by atoms with Gasteiger partial charge >= 0.3 is 0 Å². The van der Waals surface area contributed by atoms with Crippen LogP contribution < -0.4 is 0 Å². The third-order valence-electron chi connectivity index (χ3n) is 11.5. The Morgan fingerprint density at radius 2 is 0.741 bits per heavy atom. The van der Waals surface area contributed by atoms with Gasteiger partial charge in [0.15, 0.2) is 0 Å². The van der Waals surface area contributed by atoms with Crippen LogP contribution in [0.4, 0.5) is 0 Å². The van der Waals surface area contributed by atoms with Crippen molar-refractivity contribution in [3.05, 3.63) is 182 Å². The van der Waals surface area contributed by atoms with Gasteiger partial charge in [0, 0.05) is 50.2 Å². The third kappa shape index (κ3) is 4.67. The first-order valence-corrected chi connectivity index (χ1v) is 18.9. The highest BCUT2D eigenvalue weighted by molar-refractivity contribution is 6.21. The van der Waals surface area contributed by atoms with E-state index in [0.29, 0.717) is 0 Å². The summed E-state index contributed by atoms with van der Waals surface area (Å²) in [6, 6.07) is 67.1. The molecule has 2 aromatic heterocycles. The Labute approximate surface area is 313 Å². The Morgan fingerprint density at radius 3 is 1.31 bits per heavy atom. The molecule has 1 N–H and O–H groups in total. The van der Waals surface area contributed by atoms with E-state index in [9.17, 15) is 0 Å². The summed E-state index contributed by atoms with van der Waals surface area (Å²) in [6.45, 7) is 3.18. The maximum Gasteiger partial charge on any atom is 0.0491 e. The van der Waals surface area contributed by atoms with Gasteiger partial charge in [-0.2, -0.15) is 0 Å². The van der Waals surface area contributed by atoms with Gasteiger partial charge in [-0.25, -0.2) is 0 Å². The maximum absolute atomic E-state index is 3.56. The number of rotatable bonds is 5. The second-order valence-electron chi connectivity index (χ2n) is 14.4. The van der Waals surface area contributed by atoms with E-state index in [1.165, 1.54) is 110 Å². The standard InChI is InChI=1S/C52H36N2/c1-2-54-49-18-10-8-12-40(49)46-32-38(28-30-50(46)54)34-21-25-36(26-22-34)52-43-15-5-3-13-41(43)51(42-14-4-6-16-44(42)52)35-23-19-33(20-24-35)37-27-29-48-45(31-37)39-11-7-9-17-47(39)53-48/h3-32,53H,2H2,1H3. The van der Waals surface area contributed by atoms with Crippen molar-refractivity contribution in [2.24, 2.45) is 0 Å². The zero-order valence-corrected chi connectivity index (χ0v) is 30.0. The van der Waals surface area contributed by atoms with E-state index in [2.05, 4.69) is 198 Å².